The van der Waals surface area contributed by atoms with Gasteiger partial charge in [-0.3, -0.25) is 4.57 Å². The van der Waals surface area contributed by atoms with E-state index >= 15 is 0 Å². The van der Waals surface area contributed by atoms with Gasteiger partial charge in [0, 0.05) is 13.6 Å². The second-order valence-electron chi connectivity index (χ2n) is 5.13. The number of nitrogens with one attached hydrogen (secondary N) is 1. The first-order chi connectivity index (χ1) is 11.2. The minimum Gasteiger partial charge on any atom is -0.383 e. The third-order valence-electron chi connectivity index (χ3n) is 3.30. The van der Waals surface area contributed by atoms with Crippen LogP contribution in [0.1, 0.15) is 25.6 Å². The third kappa shape index (κ3) is 3.87. The Bertz CT molecular complexity index is 775. The summed E-state index contributed by atoms with van der Waals surface area (Å²) in [5.41, 5.74) is 0.593. The first kappa shape index (κ1) is 19.1. The second-order valence-corrected chi connectivity index (χ2v) is 6.31. The van der Waals surface area contributed by atoms with Gasteiger partial charge >= 0.3 is 6.18 Å². The van der Waals surface area contributed by atoms with Gasteiger partial charge in [-0.25, -0.2) is 4.68 Å². The van der Waals surface area contributed by atoms with Crippen molar-refractivity contribution >= 4 is 41.1 Å². The summed E-state index contributed by atoms with van der Waals surface area (Å²) in [4.78, 5) is 0. The van der Waals surface area contributed by atoms with Crippen LogP contribution in [0, 0.1) is 4.77 Å². The number of alkyl halides is 3. The average molecular weight is 399 g/mol. The van der Waals surface area contributed by atoms with Gasteiger partial charge in [0.05, 0.1) is 21.4 Å². The SMILES string of the molecule is CCCCNc1c(Cl)cc(-n2c(C(F)(F)F)nn(C)c2=S)cc1Cl. The van der Waals surface area contributed by atoms with E-state index in [4.69, 9.17) is 35.4 Å². The molecular formula is C14H15Cl2F3N4S. The highest BCUT2D eigenvalue weighted by Crippen LogP contribution is 2.36. The molecule has 1 aromatic heterocycles. The van der Waals surface area contributed by atoms with Crippen LogP contribution >= 0.6 is 35.4 Å². The van der Waals surface area contributed by atoms with Crippen molar-refractivity contribution in [3.8, 4) is 5.69 Å². The molecule has 0 saturated carbocycles. The van der Waals surface area contributed by atoms with Crippen LogP contribution in [0.5, 0.6) is 0 Å². The molecule has 2 rings (SSSR count). The van der Waals surface area contributed by atoms with Crippen molar-refractivity contribution in [1.82, 2.24) is 14.3 Å². The zero-order valence-electron chi connectivity index (χ0n) is 12.9. The molecule has 0 aliphatic carbocycles. The first-order valence-corrected chi connectivity index (χ1v) is 8.29. The monoisotopic (exact) mass is 398 g/mol. The predicted molar refractivity (Wildman–Crippen MR) is 91.8 cm³/mol. The van der Waals surface area contributed by atoms with E-state index in [1.165, 1.54) is 19.2 Å². The van der Waals surface area contributed by atoms with Gasteiger partial charge in [0.2, 0.25) is 10.6 Å². The molecule has 132 valence electrons. The van der Waals surface area contributed by atoms with Gasteiger partial charge in [0.25, 0.3) is 0 Å². The van der Waals surface area contributed by atoms with Crippen molar-refractivity contribution in [3.05, 3.63) is 32.8 Å². The molecule has 4 nitrogen and oxygen atoms in total. The molecule has 0 aliphatic rings. The molecule has 1 aromatic carbocycles. The molecular weight excluding hydrogens is 384 g/mol. The summed E-state index contributed by atoms with van der Waals surface area (Å²) in [5.74, 6) is -1.13. The summed E-state index contributed by atoms with van der Waals surface area (Å²) in [6.07, 6.45) is -2.76. The summed E-state index contributed by atoms with van der Waals surface area (Å²) in [6.45, 7) is 2.70. The molecule has 0 bridgehead atoms. The Balaban J connectivity index is 2.54. The third-order valence-corrected chi connectivity index (χ3v) is 4.34. The largest absolute Gasteiger partial charge is 0.452 e. The Morgan fingerprint density at radius 2 is 1.83 bits per heavy atom. The van der Waals surface area contributed by atoms with Gasteiger partial charge < -0.3 is 5.32 Å². The van der Waals surface area contributed by atoms with E-state index in [-0.39, 0.29) is 20.5 Å². The van der Waals surface area contributed by atoms with Gasteiger partial charge in [-0.15, -0.1) is 5.10 Å². The van der Waals surface area contributed by atoms with Crippen molar-refractivity contribution in [2.75, 3.05) is 11.9 Å². The first-order valence-electron chi connectivity index (χ1n) is 7.13. The number of nitrogens with zero attached hydrogens (tertiary/aromatic N) is 3. The molecule has 24 heavy (non-hydrogen) atoms. The Morgan fingerprint density at radius 1 is 1.25 bits per heavy atom. The van der Waals surface area contributed by atoms with Gasteiger partial charge in [-0.05, 0) is 30.8 Å². The minimum absolute atomic E-state index is 0.108. The molecule has 0 radical (unpaired) electrons. The quantitative estimate of drug-likeness (QED) is 0.534. The van der Waals surface area contributed by atoms with E-state index in [1.807, 2.05) is 6.92 Å². The maximum absolute atomic E-state index is 13.2. The fourth-order valence-corrected chi connectivity index (χ4v) is 2.97. The number of hydrogen-bond acceptors (Lipinski definition) is 3. The zero-order valence-corrected chi connectivity index (χ0v) is 15.2. The number of aryl methyl sites for hydroxylation is 1. The molecule has 0 amide bonds. The van der Waals surface area contributed by atoms with Crippen LogP contribution in [-0.2, 0) is 13.2 Å². The number of halogens is 5. The standard InChI is InChI=1S/C14H15Cl2F3N4S/c1-3-4-5-20-11-9(15)6-8(7-10(11)16)23-12(14(17,18)19)21-22(2)13(23)24/h6-7,20H,3-5H2,1-2H3. The number of rotatable bonds is 5. The van der Waals surface area contributed by atoms with Gasteiger partial charge in [-0.2, -0.15) is 13.2 Å². The van der Waals surface area contributed by atoms with E-state index in [1.54, 1.807) is 0 Å². The minimum atomic E-state index is -4.66. The summed E-state index contributed by atoms with van der Waals surface area (Å²) in [7, 11) is 1.35. The van der Waals surface area contributed by atoms with Crippen LogP contribution in [0.3, 0.4) is 0 Å². The van der Waals surface area contributed by atoms with Crippen LogP contribution in [0.25, 0.3) is 5.69 Å². The molecule has 0 aliphatic heterocycles. The number of unbranched alkanes of at least 4 members (excludes halogenated alkanes) is 1. The zero-order chi connectivity index (χ0) is 18.1. The van der Waals surface area contributed by atoms with E-state index in [2.05, 4.69) is 10.4 Å². The van der Waals surface area contributed by atoms with Crippen LogP contribution in [0.2, 0.25) is 10.0 Å². The highest BCUT2D eigenvalue weighted by atomic mass is 35.5. The van der Waals surface area contributed by atoms with Crippen molar-refractivity contribution in [2.24, 2.45) is 7.05 Å². The van der Waals surface area contributed by atoms with E-state index in [0.29, 0.717) is 12.2 Å². The molecule has 0 unspecified atom stereocenters. The molecule has 1 heterocycles. The molecule has 10 heteroatoms. The van der Waals surface area contributed by atoms with Crippen molar-refractivity contribution in [3.63, 3.8) is 0 Å². The van der Waals surface area contributed by atoms with Crippen LogP contribution in [-0.4, -0.2) is 20.9 Å². The second kappa shape index (κ2) is 7.33. The number of benzene rings is 1. The van der Waals surface area contributed by atoms with E-state index < -0.39 is 12.0 Å². The summed E-state index contributed by atoms with van der Waals surface area (Å²) < 4.78 is 41.3. The maximum Gasteiger partial charge on any atom is 0.452 e. The Labute approximate surface area is 152 Å². The highest BCUT2D eigenvalue weighted by Gasteiger charge is 2.38. The lowest BCUT2D eigenvalue weighted by atomic mass is 10.2. The Hall–Kier alpha value is -1.25. The smallest absolute Gasteiger partial charge is 0.383 e. The summed E-state index contributed by atoms with van der Waals surface area (Å²) >= 11 is 17.4. The maximum atomic E-state index is 13.2. The lowest BCUT2D eigenvalue weighted by Crippen LogP contribution is -2.14. The van der Waals surface area contributed by atoms with Gasteiger partial charge in [0.1, 0.15) is 0 Å². The Morgan fingerprint density at radius 3 is 2.33 bits per heavy atom. The number of anilines is 1. The normalized spacial score (nSPS) is 11.8. The molecule has 0 saturated heterocycles. The molecule has 0 spiro atoms. The molecule has 1 N–H and O–H groups in total. The lowest BCUT2D eigenvalue weighted by Gasteiger charge is -2.14. The molecule has 0 atom stereocenters. The van der Waals surface area contributed by atoms with Crippen molar-refractivity contribution in [2.45, 2.75) is 25.9 Å². The van der Waals surface area contributed by atoms with Gasteiger partial charge in [0.15, 0.2) is 0 Å². The summed E-state index contributed by atoms with van der Waals surface area (Å²) in [5, 5.41) is 6.96. The van der Waals surface area contributed by atoms with Crippen LogP contribution in [0.4, 0.5) is 18.9 Å². The topological polar surface area (TPSA) is 34.8 Å². The fourth-order valence-electron chi connectivity index (χ4n) is 2.13. The fraction of sp³-hybridized carbons (Fsp3) is 0.429. The van der Waals surface area contributed by atoms with E-state index in [0.717, 1.165) is 22.1 Å². The number of hydrogen-bond donors (Lipinski definition) is 1. The van der Waals surface area contributed by atoms with Gasteiger partial charge in [-0.1, -0.05) is 36.5 Å². The average Bonchev–Trinajstić information content (AvgIpc) is 2.78. The van der Waals surface area contributed by atoms with Crippen LogP contribution in [0.15, 0.2) is 12.1 Å². The summed E-state index contributed by atoms with van der Waals surface area (Å²) in [6, 6.07) is 2.77. The highest BCUT2D eigenvalue weighted by molar-refractivity contribution is 7.71. The lowest BCUT2D eigenvalue weighted by molar-refractivity contribution is -0.146. The predicted octanol–water partition coefficient (Wildman–Crippen LogP) is 5.48. The Kier molecular flexibility index (Phi) is 5.83. The van der Waals surface area contributed by atoms with E-state index in [9.17, 15) is 13.2 Å². The van der Waals surface area contributed by atoms with Crippen LogP contribution < -0.4 is 5.32 Å². The van der Waals surface area contributed by atoms with Crippen molar-refractivity contribution < 1.29 is 13.2 Å². The number of aromatic nitrogens is 3. The molecule has 2 aromatic rings. The van der Waals surface area contributed by atoms with Crippen molar-refractivity contribution in [1.29, 1.82) is 0 Å². The molecule has 0 fully saturated rings.